The van der Waals surface area contributed by atoms with Crippen LogP contribution in [0.2, 0.25) is 0 Å². The van der Waals surface area contributed by atoms with Crippen LogP contribution in [-0.4, -0.2) is 33.0 Å². The third kappa shape index (κ3) is 3.49. The summed E-state index contributed by atoms with van der Waals surface area (Å²) in [6.07, 6.45) is 1.35. The molecule has 0 bridgehead atoms. The molecular weight excluding hydrogens is 301 g/mol. The van der Waals surface area contributed by atoms with Gasteiger partial charge in [-0.2, -0.15) is 0 Å². The maximum atomic E-state index is 13.4. The number of halogens is 2. The number of H-pyrrole nitrogens is 1. The lowest BCUT2D eigenvalue weighted by Gasteiger charge is -2.18. The Morgan fingerprint density at radius 2 is 2.05 bits per heavy atom. The molecule has 0 spiro atoms. The van der Waals surface area contributed by atoms with Crippen LogP contribution in [-0.2, 0) is 4.79 Å². The molecule has 0 aliphatic rings. The number of nitrogens with zero attached hydrogens (tertiary/aromatic N) is 1. The summed E-state index contributed by atoms with van der Waals surface area (Å²) in [6.45, 7) is 3.35. The lowest BCUT2D eigenvalue weighted by molar-refractivity contribution is -0.140. The predicted molar refractivity (Wildman–Crippen MR) is 77.0 cm³/mol. The molecule has 0 fully saturated rings. The number of carboxylic acids is 1. The van der Waals surface area contributed by atoms with Gasteiger partial charge in [-0.05, 0) is 18.1 Å². The van der Waals surface area contributed by atoms with Crippen LogP contribution in [0.1, 0.15) is 24.2 Å². The SMILES string of the molecule is CC(C)[C@H](NC(=O)c1cc(F)cc2[nH]cnc12)C(=O)O.Cl. The van der Waals surface area contributed by atoms with Crippen molar-refractivity contribution in [3.8, 4) is 0 Å². The number of carbonyl (C=O) groups excluding carboxylic acids is 1. The molecule has 1 heterocycles. The zero-order valence-electron chi connectivity index (χ0n) is 11.4. The maximum Gasteiger partial charge on any atom is 0.326 e. The number of carboxylic acid groups (broad SMARTS) is 1. The van der Waals surface area contributed by atoms with Gasteiger partial charge in [0.25, 0.3) is 5.91 Å². The number of carbonyl (C=O) groups is 2. The number of aromatic nitrogens is 2. The van der Waals surface area contributed by atoms with Crippen molar-refractivity contribution in [1.29, 1.82) is 0 Å². The molecule has 6 nitrogen and oxygen atoms in total. The van der Waals surface area contributed by atoms with Gasteiger partial charge in [0.1, 0.15) is 17.4 Å². The van der Waals surface area contributed by atoms with Crippen LogP contribution in [0.25, 0.3) is 11.0 Å². The molecule has 3 N–H and O–H groups in total. The van der Waals surface area contributed by atoms with E-state index in [-0.39, 0.29) is 23.9 Å². The Hall–Kier alpha value is -2.15. The van der Waals surface area contributed by atoms with Crippen LogP contribution >= 0.6 is 12.4 Å². The van der Waals surface area contributed by atoms with Crippen molar-refractivity contribution in [2.75, 3.05) is 0 Å². The molecule has 114 valence electrons. The van der Waals surface area contributed by atoms with Crippen molar-refractivity contribution < 1.29 is 19.1 Å². The lowest BCUT2D eigenvalue weighted by Crippen LogP contribution is -2.44. The van der Waals surface area contributed by atoms with E-state index in [0.29, 0.717) is 11.0 Å². The normalized spacial score (nSPS) is 12.0. The fraction of sp³-hybridized carbons (Fsp3) is 0.308. The average Bonchev–Trinajstić information content (AvgIpc) is 2.81. The number of hydrogen-bond acceptors (Lipinski definition) is 3. The standard InChI is InChI=1S/C13H14FN3O3.ClH/c1-6(2)10(13(19)20)17-12(18)8-3-7(14)4-9-11(8)16-5-15-9;/h3-6,10H,1-2H3,(H,15,16)(H,17,18)(H,19,20);1H/t10-;/m0./s1. The fourth-order valence-corrected chi connectivity index (χ4v) is 1.92. The second-order valence-corrected chi connectivity index (χ2v) is 4.79. The molecule has 2 aromatic rings. The first-order valence-electron chi connectivity index (χ1n) is 6.06. The number of aromatic amines is 1. The van der Waals surface area contributed by atoms with E-state index in [4.69, 9.17) is 5.11 Å². The van der Waals surface area contributed by atoms with Crippen LogP contribution in [0.15, 0.2) is 18.5 Å². The number of benzene rings is 1. The number of amides is 1. The Kier molecular flexibility index (Phi) is 5.26. The third-order valence-corrected chi connectivity index (χ3v) is 2.95. The molecule has 0 radical (unpaired) electrons. The highest BCUT2D eigenvalue weighted by Crippen LogP contribution is 2.17. The summed E-state index contributed by atoms with van der Waals surface area (Å²) < 4.78 is 13.4. The smallest absolute Gasteiger partial charge is 0.326 e. The molecule has 0 aliphatic carbocycles. The molecule has 1 aromatic heterocycles. The van der Waals surface area contributed by atoms with Crippen molar-refractivity contribution in [2.24, 2.45) is 5.92 Å². The van der Waals surface area contributed by atoms with Gasteiger partial charge >= 0.3 is 5.97 Å². The van der Waals surface area contributed by atoms with E-state index in [1.807, 2.05) is 0 Å². The zero-order chi connectivity index (χ0) is 14.9. The van der Waals surface area contributed by atoms with Crippen molar-refractivity contribution >= 4 is 35.3 Å². The first-order valence-corrected chi connectivity index (χ1v) is 6.06. The van der Waals surface area contributed by atoms with Crippen molar-refractivity contribution in [3.63, 3.8) is 0 Å². The molecule has 1 atom stereocenters. The first-order chi connectivity index (χ1) is 9.40. The second-order valence-electron chi connectivity index (χ2n) is 4.79. The van der Waals surface area contributed by atoms with Crippen molar-refractivity contribution in [3.05, 3.63) is 29.8 Å². The van der Waals surface area contributed by atoms with E-state index < -0.39 is 23.7 Å². The molecule has 8 heteroatoms. The molecule has 1 amide bonds. The monoisotopic (exact) mass is 315 g/mol. The molecule has 21 heavy (non-hydrogen) atoms. The number of imidazole rings is 1. The van der Waals surface area contributed by atoms with Gasteiger partial charge in [-0.25, -0.2) is 14.2 Å². The summed E-state index contributed by atoms with van der Waals surface area (Å²) in [7, 11) is 0. The highest BCUT2D eigenvalue weighted by atomic mass is 35.5. The largest absolute Gasteiger partial charge is 0.480 e. The quantitative estimate of drug-likeness (QED) is 0.803. The van der Waals surface area contributed by atoms with E-state index in [2.05, 4.69) is 15.3 Å². The average molecular weight is 316 g/mol. The fourth-order valence-electron chi connectivity index (χ4n) is 1.92. The van der Waals surface area contributed by atoms with Gasteiger partial charge in [0.15, 0.2) is 0 Å². The van der Waals surface area contributed by atoms with Gasteiger partial charge in [0.2, 0.25) is 0 Å². The zero-order valence-corrected chi connectivity index (χ0v) is 12.2. The van der Waals surface area contributed by atoms with Gasteiger partial charge in [0, 0.05) is 0 Å². The Morgan fingerprint density at radius 1 is 1.38 bits per heavy atom. The Bertz CT molecular complexity index is 672. The summed E-state index contributed by atoms with van der Waals surface area (Å²) in [5.41, 5.74) is 0.691. The van der Waals surface area contributed by atoms with Crippen LogP contribution in [0, 0.1) is 11.7 Å². The predicted octanol–water partition coefficient (Wildman–Crippen LogP) is 1.96. The second kappa shape index (κ2) is 6.53. The van der Waals surface area contributed by atoms with E-state index in [1.54, 1.807) is 13.8 Å². The lowest BCUT2D eigenvalue weighted by atomic mass is 10.0. The summed E-state index contributed by atoms with van der Waals surface area (Å²) >= 11 is 0. The summed E-state index contributed by atoms with van der Waals surface area (Å²) in [5, 5.41) is 11.4. The number of hydrogen-bond donors (Lipinski definition) is 3. The van der Waals surface area contributed by atoms with E-state index >= 15 is 0 Å². The van der Waals surface area contributed by atoms with Gasteiger partial charge in [-0.3, -0.25) is 4.79 Å². The number of nitrogens with one attached hydrogen (secondary N) is 2. The van der Waals surface area contributed by atoms with Gasteiger partial charge in [0.05, 0.1) is 17.4 Å². The number of rotatable bonds is 4. The molecule has 0 aliphatic heterocycles. The molecule has 2 rings (SSSR count). The van der Waals surface area contributed by atoms with Crippen molar-refractivity contribution in [2.45, 2.75) is 19.9 Å². The molecule has 1 aromatic carbocycles. The van der Waals surface area contributed by atoms with Gasteiger partial charge < -0.3 is 15.4 Å². The van der Waals surface area contributed by atoms with Crippen LogP contribution in [0.4, 0.5) is 4.39 Å². The van der Waals surface area contributed by atoms with Crippen LogP contribution in [0.3, 0.4) is 0 Å². The number of aliphatic carboxylic acids is 1. The van der Waals surface area contributed by atoms with Crippen LogP contribution in [0.5, 0.6) is 0 Å². The van der Waals surface area contributed by atoms with Gasteiger partial charge in [-0.1, -0.05) is 13.8 Å². The first kappa shape index (κ1) is 16.9. The molecule has 0 saturated heterocycles. The highest BCUT2D eigenvalue weighted by molar-refractivity contribution is 6.05. The summed E-state index contributed by atoms with van der Waals surface area (Å²) in [4.78, 5) is 29.9. The summed E-state index contributed by atoms with van der Waals surface area (Å²) in [5.74, 6) is -2.69. The molecule has 0 saturated carbocycles. The van der Waals surface area contributed by atoms with E-state index in [1.165, 1.54) is 12.4 Å². The highest BCUT2D eigenvalue weighted by Gasteiger charge is 2.25. The molecule has 0 unspecified atom stereocenters. The molecular formula is C13H15ClFN3O3. The van der Waals surface area contributed by atoms with E-state index in [0.717, 1.165) is 6.07 Å². The van der Waals surface area contributed by atoms with Crippen molar-refractivity contribution in [1.82, 2.24) is 15.3 Å². The minimum Gasteiger partial charge on any atom is -0.480 e. The minimum atomic E-state index is -1.14. The number of fused-ring (bicyclic) bond motifs is 1. The van der Waals surface area contributed by atoms with E-state index in [9.17, 15) is 14.0 Å². The summed E-state index contributed by atoms with van der Waals surface area (Å²) in [6, 6.07) is 1.22. The Labute approximate surface area is 126 Å². The maximum absolute atomic E-state index is 13.4. The third-order valence-electron chi connectivity index (χ3n) is 2.95. The van der Waals surface area contributed by atoms with Gasteiger partial charge in [-0.15, -0.1) is 12.4 Å². The topological polar surface area (TPSA) is 95.1 Å². The van der Waals surface area contributed by atoms with Crippen LogP contribution < -0.4 is 5.32 Å². The Morgan fingerprint density at radius 3 is 2.62 bits per heavy atom. The Balaban J connectivity index is 0.00000220. The minimum absolute atomic E-state index is 0.